The molecule has 0 unspecified atom stereocenters. The van der Waals surface area contributed by atoms with Gasteiger partial charge in [-0.25, -0.2) is 4.98 Å². The topological polar surface area (TPSA) is 139 Å². The Morgan fingerprint density at radius 3 is 2.38 bits per heavy atom. The molecule has 9 nitrogen and oxygen atoms in total. The fourth-order valence-electron chi connectivity index (χ4n) is 3.72. The first-order valence-corrected chi connectivity index (χ1v) is 12.0. The van der Waals surface area contributed by atoms with Gasteiger partial charge in [0.25, 0.3) is 5.56 Å². The van der Waals surface area contributed by atoms with Crippen LogP contribution in [0.3, 0.4) is 0 Å². The number of rotatable bonds is 10. The Labute approximate surface area is 218 Å². The van der Waals surface area contributed by atoms with Gasteiger partial charge in [0.1, 0.15) is 12.4 Å². The molecule has 0 spiro atoms. The Morgan fingerprint density at radius 2 is 1.73 bits per heavy atom. The van der Waals surface area contributed by atoms with Gasteiger partial charge in [-0.2, -0.15) is 0 Å². The van der Waals surface area contributed by atoms with E-state index in [-0.39, 0.29) is 29.9 Å². The molecule has 37 heavy (non-hydrogen) atoms. The fourth-order valence-corrected chi connectivity index (χ4v) is 4.02. The third kappa shape index (κ3) is 6.59. The van der Waals surface area contributed by atoms with Crippen molar-refractivity contribution in [3.63, 3.8) is 0 Å². The molecule has 0 saturated heterocycles. The number of pyridine rings is 1. The Balaban J connectivity index is 1.55. The zero-order chi connectivity index (χ0) is 26.2. The minimum atomic E-state index is -0.449. The largest absolute Gasteiger partial charge is 0.384 e. The number of amidine groups is 1. The lowest BCUT2D eigenvalue weighted by Gasteiger charge is -2.16. The molecule has 0 aliphatic heterocycles. The van der Waals surface area contributed by atoms with Crippen molar-refractivity contribution < 1.29 is 4.79 Å². The van der Waals surface area contributed by atoms with Crippen LogP contribution in [0.4, 0.5) is 5.82 Å². The van der Waals surface area contributed by atoms with E-state index in [1.54, 1.807) is 24.3 Å². The van der Waals surface area contributed by atoms with Crippen molar-refractivity contribution in [2.45, 2.75) is 19.5 Å². The number of nitrogens with two attached hydrogens (primary N) is 1. The van der Waals surface area contributed by atoms with Crippen molar-refractivity contribution in [2.24, 2.45) is 5.73 Å². The summed E-state index contributed by atoms with van der Waals surface area (Å²) in [7, 11) is 0. The third-order valence-corrected chi connectivity index (χ3v) is 5.89. The Hall–Kier alpha value is -4.50. The molecule has 2 aromatic heterocycles. The van der Waals surface area contributed by atoms with Crippen LogP contribution in [0.25, 0.3) is 11.3 Å². The molecule has 4 rings (SSSR count). The van der Waals surface area contributed by atoms with Crippen molar-refractivity contribution in [1.82, 2.24) is 19.9 Å². The summed E-state index contributed by atoms with van der Waals surface area (Å²) in [4.78, 5) is 34.8. The number of halogens is 1. The van der Waals surface area contributed by atoms with Crippen LogP contribution < -0.4 is 21.9 Å². The minimum absolute atomic E-state index is 0.0786. The summed E-state index contributed by atoms with van der Waals surface area (Å²) in [5.41, 5.74) is 8.23. The highest BCUT2D eigenvalue weighted by atomic mass is 35.5. The highest BCUT2D eigenvalue weighted by Gasteiger charge is 2.19. The van der Waals surface area contributed by atoms with Gasteiger partial charge in [0.2, 0.25) is 5.91 Å². The Bertz CT molecular complexity index is 1440. The summed E-state index contributed by atoms with van der Waals surface area (Å²) in [5.74, 6) is -0.400. The first-order chi connectivity index (χ1) is 17.9. The zero-order valence-electron chi connectivity index (χ0n) is 19.9. The number of nitrogens with one attached hydrogen (secondary N) is 3. The van der Waals surface area contributed by atoms with Gasteiger partial charge in [0.05, 0.1) is 17.9 Å². The van der Waals surface area contributed by atoms with Crippen molar-refractivity contribution >= 4 is 29.2 Å². The number of anilines is 1. The highest BCUT2D eigenvalue weighted by molar-refractivity contribution is 6.32. The van der Waals surface area contributed by atoms with E-state index in [1.807, 2.05) is 48.5 Å². The van der Waals surface area contributed by atoms with E-state index in [1.165, 1.54) is 10.8 Å². The van der Waals surface area contributed by atoms with Gasteiger partial charge in [0, 0.05) is 23.9 Å². The fraction of sp³-hybridized carbons (Fsp3) is 0.148. The van der Waals surface area contributed by atoms with Crippen LogP contribution in [-0.4, -0.2) is 32.8 Å². The summed E-state index contributed by atoms with van der Waals surface area (Å²) in [6.45, 7) is 0.360. The van der Waals surface area contributed by atoms with Crippen LogP contribution in [0.15, 0.2) is 83.8 Å². The molecule has 10 heteroatoms. The molecule has 2 aromatic carbocycles. The van der Waals surface area contributed by atoms with Crippen LogP contribution in [0.1, 0.15) is 16.8 Å². The summed E-state index contributed by atoms with van der Waals surface area (Å²) < 4.78 is 1.33. The lowest BCUT2D eigenvalue weighted by molar-refractivity contribution is -0.121. The van der Waals surface area contributed by atoms with E-state index < -0.39 is 11.5 Å². The summed E-state index contributed by atoms with van der Waals surface area (Å²) in [6, 6.07) is 22.3. The van der Waals surface area contributed by atoms with E-state index in [4.69, 9.17) is 22.7 Å². The molecule has 4 aromatic rings. The average Bonchev–Trinajstić information content (AvgIpc) is 2.91. The van der Waals surface area contributed by atoms with Gasteiger partial charge in [-0.3, -0.25) is 24.5 Å². The molecule has 0 saturated carbocycles. The van der Waals surface area contributed by atoms with E-state index in [0.717, 1.165) is 5.56 Å². The maximum absolute atomic E-state index is 13.4. The molecule has 0 aliphatic rings. The SMILES string of the molecule is N=C(N)c1ccc(CNC(=O)Cn2c(-c3ccccc3)c(Cl)nc(NCCc3ccccc3)c2=O)nc1. The number of amides is 1. The summed E-state index contributed by atoms with van der Waals surface area (Å²) in [6.07, 6.45) is 2.16. The van der Waals surface area contributed by atoms with E-state index in [9.17, 15) is 9.59 Å². The van der Waals surface area contributed by atoms with E-state index >= 15 is 0 Å². The van der Waals surface area contributed by atoms with Crippen molar-refractivity contribution in [3.8, 4) is 11.3 Å². The number of carbonyl (C=O) groups is 1. The van der Waals surface area contributed by atoms with Crippen LogP contribution >= 0.6 is 11.6 Å². The first-order valence-electron chi connectivity index (χ1n) is 11.6. The summed E-state index contributed by atoms with van der Waals surface area (Å²) in [5, 5.41) is 13.4. The maximum Gasteiger partial charge on any atom is 0.294 e. The monoisotopic (exact) mass is 515 g/mol. The van der Waals surface area contributed by atoms with Crippen molar-refractivity contribution in [1.29, 1.82) is 5.41 Å². The van der Waals surface area contributed by atoms with Crippen LogP contribution in [0, 0.1) is 5.41 Å². The van der Waals surface area contributed by atoms with Crippen LogP contribution in [-0.2, 0) is 24.3 Å². The summed E-state index contributed by atoms with van der Waals surface area (Å²) >= 11 is 6.55. The molecule has 188 valence electrons. The second-order valence-corrected chi connectivity index (χ2v) is 8.61. The third-order valence-electron chi connectivity index (χ3n) is 5.62. The molecule has 0 radical (unpaired) electrons. The first kappa shape index (κ1) is 25.6. The smallest absolute Gasteiger partial charge is 0.294 e. The normalized spacial score (nSPS) is 10.6. The van der Waals surface area contributed by atoms with Gasteiger partial charge in [0.15, 0.2) is 11.0 Å². The quantitative estimate of drug-likeness (QED) is 0.189. The number of benzene rings is 2. The second-order valence-electron chi connectivity index (χ2n) is 8.25. The van der Waals surface area contributed by atoms with Crippen LogP contribution in [0.2, 0.25) is 5.15 Å². The minimum Gasteiger partial charge on any atom is -0.384 e. The van der Waals surface area contributed by atoms with Gasteiger partial charge >= 0.3 is 0 Å². The van der Waals surface area contributed by atoms with Crippen molar-refractivity contribution in [3.05, 3.63) is 111 Å². The second kappa shape index (κ2) is 12.0. The Morgan fingerprint density at radius 1 is 1.03 bits per heavy atom. The lowest BCUT2D eigenvalue weighted by atomic mass is 10.1. The molecule has 2 heterocycles. The Kier molecular flexibility index (Phi) is 8.27. The van der Waals surface area contributed by atoms with E-state index in [2.05, 4.69) is 20.6 Å². The molecule has 1 amide bonds. The number of nitrogens with zero attached hydrogens (tertiary/aromatic N) is 3. The van der Waals surface area contributed by atoms with E-state index in [0.29, 0.717) is 35.5 Å². The van der Waals surface area contributed by atoms with Gasteiger partial charge in [-0.05, 0) is 24.1 Å². The number of hydrogen-bond donors (Lipinski definition) is 4. The maximum atomic E-state index is 13.4. The van der Waals surface area contributed by atoms with Gasteiger partial charge in [-0.15, -0.1) is 0 Å². The van der Waals surface area contributed by atoms with Gasteiger partial charge < -0.3 is 16.4 Å². The lowest BCUT2D eigenvalue weighted by Crippen LogP contribution is -2.35. The zero-order valence-corrected chi connectivity index (χ0v) is 20.7. The molecule has 0 aliphatic carbocycles. The number of aromatic nitrogens is 3. The molecule has 0 atom stereocenters. The highest BCUT2D eigenvalue weighted by Crippen LogP contribution is 2.26. The average molecular weight is 516 g/mol. The predicted octanol–water partition coefficient (Wildman–Crippen LogP) is 3.21. The molecule has 0 fully saturated rings. The number of hydrogen-bond acceptors (Lipinski definition) is 6. The molecular formula is C27H26ClN7O2. The standard InChI is InChI=1S/C27H26ClN7O2/c28-24-23(19-9-5-2-6-10-19)35(17-22(36)33-16-21-12-11-20(15-32-21)25(29)30)27(37)26(34-24)31-14-13-18-7-3-1-4-8-18/h1-12,15H,13-14,16-17H2,(H3,29,30)(H,31,34)(H,33,36). The number of carbonyl (C=O) groups excluding carboxylic acids is 1. The van der Waals surface area contributed by atoms with Crippen molar-refractivity contribution in [2.75, 3.05) is 11.9 Å². The molecule has 5 N–H and O–H groups in total. The number of nitrogen functional groups attached to an aromatic ring is 1. The predicted molar refractivity (Wildman–Crippen MR) is 145 cm³/mol. The molecule has 0 bridgehead atoms. The van der Waals surface area contributed by atoms with Crippen LogP contribution in [0.5, 0.6) is 0 Å². The van der Waals surface area contributed by atoms with Gasteiger partial charge in [-0.1, -0.05) is 72.3 Å². The molecular weight excluding hydrogens is 490 g/mol.